The monoisotopic (exact) mass is 265 g/mol. The molecular formula is C13H16ClN3O. The van der Waals surface area contributed by atoms with E-state index in [1.165, 1.54) is 0 Å². The van der Waals surface area contributed by atoms with Crippen LogP contribution in [0.5, 0.6) is 5.75 Å². The molecule has 5 heteroatoms. The number of nitrogens with two attached hydrogens (primary N) is 1. The number of benzene rings is 1. The predicted octanol–water partition coefficient (Wildman–Crippen LogP) is 1.85. The van der Waals surface area contributed by atoms with Crippen molar-refractivity contribution < 1.29 is 4.74 Å². The molecule has 2 heterocycles. The smallest absolute Gasteiger partial charge is 0.230 e. The lowest BCUT2D eigenvalue weighted by atomic mass is 9.61. The largest absolute Gasteiger partial charge is 0.455 e. The van der Waals surface area contributed by atoms with Gasteiger partial charge in [-0.25, -0.2) is 4.90 Å². The molecule has 0 radical (unpaired) electrons. The van der Waals surface area contributed by atoms with E-state index in [1.807, 2.05) is 18.2 Å². The van der Waals surface area contributed by atoms with E-state index in [1.54, 1.807) is 0 Å². The molecular weight excluding hydrogens is 250 g/mol. The second-order valence-electron chi connectivity index (χ2n) is 5.83. The summed E-state index contributed by atoms with van der Waals surface area (Å²) in [7, 11) is 0. The molecule has 96 valence electrons. The van der Waals surface area contributed by atoms with Gasteiger partial charge in [0.1, 0.15) is 5.75 Å². The molecule has 3 N–H and O–H groups in total. The Morgan fingerprint density at radius 2 is 2.17 bits per heavy atom. The van der Waals surface area contributed by atoms with Gasteiger partial charge in [0.25, 0.3) is 0 Å². The zero-order valence-corrected chi connectivity index (χ0v) is 10.8. The summed E-state index contributed by atoms with van der Waals surface area (Å²) < 4.78 is 5.88. The molecule has 1 aromatic rings. The number of halogens is 1. The summed E-state index contributed by atoms with van der Waals surface area (Å²) >= 11 is 5.97. The molecule has 4 nitrogen and oxygen atoms in total. The number of nitrogens with one attached hydrogen (secondary N) is 1. The van der Waals surface area contributed by atoms with Crippen molar-refractivity contribution in [1.29, 1.82) is 0 Å². The molecule has 1 spiro atoms. The van der Waals surface area contributed by atoms with Crippen LogP contribution < -0.4 is 15.8 Å². The Kier molecular flexibility index (Phi) is 2.14. The van der Waals surface area contributed by atoms with Gasteiger partial charge < -0.3 is 15.8 Å². The van der Waals surface area contributed by atoms with E-state index >= 15 is 0 Å². The molecule has 0 bridgehead atoms. The third-order valence-electron chi connectivity index (χ3n) is 4.26. The highest BCUT2D eigenvalue weighted by molar-refractivity contribution is 6.30. The maximum Gasteiger partial charge on any atom is 0.230 e. The van der Waals surface area contributed by atoms with Crippen molar-refractivity contribution in [1.82, 2.24) is 4.90 Å². The molecule has 1 aliphatic carbocycles. The molecule has 1 atom stereocenters. The van der Waals surface area contributed by atoms with Crippen LogP contribution in [0.2, 0.25) is 5.02 Å². The summed E-state index contributed by atoms with van der Waals surface area (Å²) in [5.74, 6) is 0.885. The first-order chi connectivity index (χ1) is 8.63. The van der Waals surface area contributed by atoms with Gasteiger partial charge in [0, 0.05) is 24.2 Å². The standard InChI is InChI=1S/C13H16ClN3O/c14-8-1-2-11-10(3-8)16-12(18-11)17-6-13(7-17)4-9(15)5-13/h1-3,9,12,16H,4-7,15H2. The Hall–Kier alpha value is -0.970. The number of nitrogens with zero attached hydrogens (tertiary/aromatic N) is 1. The maximum absolute atomic E-state index is 5.97. The van der Waals surface area contributed by atoms with Crippen LogP contribution in [-0.4, -0.2) is 30.4 Å². The summed E-state index contributed by atoms with van der Waals surface area (Å²) in [5, 5.41) is 4.09. The summed E-state index contributed by atoms with van der Waals surface area (Å²) in [5.41, 5.74) is 7.34. The first kappa shape index (κ1) is 10.9. The van der Waals surface area contributed by atoms with E-state index in [0.717, 1.165) is 42.4 Å². The van der Waals surface area contributed by atoms with Crippen molar-refractivity contribution >= 4 is 17.3 Å². The summed E-state index contributed by atoms with van der Waals surface area (Å²) in [4.78, 5) is 2.32. The molecule has 1 aromatic carbocycles. The van der Waals surface area contributed by atoms with E-state index in [9.17, 15) is 0 Å². The van der Waals surface area contributed by atoms with Gasteiger partial charge >= 0.3 is 0 Å². The lowest BCUT2D eigenvalue weighted by Gasteiger charge is -2.59. The molecule has 4 rings (SSSR count). The van der Waals surface area contributed by atoms with Gasteiger partial charge in [-0.3, -0.25) is 0 Å². The van der Waals surface area contributed by atoms with Crippen LogP contribution >= 0.6 is 11.6 Å². The van der Waals surface area contributed by atoms with E-state index < -0.39 is 0 Å². The summed E-state index contributed by atoms with van der Waals surface area (Å²) in [6, 6.07) is 6.10. The number of hydrogen-bond acceptors (Lipinski definition) is 4. The number of hydrogen-bond donors (Lipinski definition) is 2. The minimum absolute atomic E-state index is 0.0408. The predicted molar refractivity (Wildman–Crippen MR) is 70.7 cm³/mol. The Morgan fingerprint density at radius 1 is 1.39 bits per heavy atom. The first-order valence-corrected chi connectivity index (χ1v) is 6.74. The van der Waals surface area contributed by atoms with Gasteiger partial charge in [0.15, 0.2) is 0 Å². The van der Waals surface area contributed by atoms with Crippen LogP contribution in [0.15, 0.2) is 18.2 Å². The molecule has 1 unspecified atom stereocenters. The zero-order valence-electron chi connectivity index (χ0n) is 10.0. The summed E-state index contributed by atoms with van der Waals surface area (Å²) in [6.07, 6.45) is 2.28. The maximum atomic E-state index is 5.97. The van der Waals surface area contributed by atoms with Gasteiger partial charge in [-0.1, -0.05) is 11.6 Å². The van der Waals surface area contributed by atoms with Crippen LogP contribution in [0, 0.1) is 5.41 Å². The van der Waals surface area contributed by atoms with Gasteiger partial charge in [-0.2, -0.15) is 0 Å². The molecule has 2 fully saturated rings. The number of fused-ring (bicyclic) bond motifs is 1. The SMILES string of the molecule is NC1CC2(C1)CN(C1Nc3cc(Cl)ccc3O1)C2. The minimum atomic E-state index is -0.0408. The van der Waals surface area contributed by atoms with Crippen LogP contribution in [0.1, 0.15) is 12.8 Å². The van der Waals surface area contributed by atoms with Gasteiger partial charge in [-0.15, -0.1) is 0 Å². The molecule has 2 aliphatic heterocycles. The second-order valence-corrected chi connectivity index (χ2v) is 6.26. The second kappa shape index (κ2) is 3.53. The average molecular weight is 266 g/mol. The van der Waals surface area contributed by atoms with Crippen LogP contribution in [0.25, 0.3) is 0 Å². The molecule has 1 saturated carbocycles. The Labute approximate surface area is 111 Å². The number of anilines is 1. The van der Waals surface area contributed by atoms with Crippen molar-refractivity contribution in [2.45, 2.75) is 25.2 Å². The molecule has 1 saturated heterocycles. The molecule has 18 heavy (non-hydrogen) atoms. The van der Waals surface area contributed by atoms with Crippen molar-refractivity contribution in [3.63, 3.8) is 0 Å². The van der Waals surface area contributed by atoms with E-state index in [2.05, 4.69) is 10.2 Å². The normalized spacial score (nSPS) is 29.1. The summed E-state index contributed by atoms with van der Waals surface area (Å²) in [6.45, 7) is 2.17. The van der Waals surface area contributed by atoms with Gasteiger partial charge in [0.2, 0.25) is 6.35 Å². The van der Waals surface area contributed by atoms with Crippen LogP contribution in [0.4, 0.5) is 5.69 Å². The van der Waals surface area contributed by atoms with Gasteiger partial charge in [0.05, 0.1) is 5.69 Å². The van der Waals surface area contributed by atoms with E-state index in [4.69, 9.17) is 22.1 Å². The van der Waals surface area contributed by atoms with E-state index in [0.29, 0.717) is 11.5 Å². The van der Waals surface area contributed by atoms with Crippen LogP contribution in [-0.2, 0) is 0 Å². The fraction of sp³-hybridized carbons (Fsp3) is 0.538. The van der Waals surface area contributed by atoms with E-state index in [-0.39, 0.29) is 6.35 Å². The third kappa shape index (κ3) is 1.53. The highest BCUT2D eigenvalue weighted by atomic mass is 35.5. The fourth-order valence-corrected chi connectivity index (χ4v) is 3.63. The highest BCUT2D eigenvalue weighted by Gasteiger charge is 2.53. The Morgan fingerprint density at radius 3 is 2.89 bits per heavy atom. The first-order valence-electron chi connectivity index (χ1n) is 6.36. The minimum Gasteiger partial charge on any atom is -0.455 e. The Balaban J connectivity index is 1.42. The fourth-order valence-electron chi connectivity index (χ4n) is 3.46. The topological polar surface area (TPSA) is 50.5 Å². The lowest BCUT2D eigenvalue weighted by Crippen LogP contribution is -2.68. The van der Waals surface area contributed by atoms with Crippen molar-refractivity contribution in [3.05, 3.63) is 23.2 Å². The van der Waals surface area contributed by atoms with Crippen molar-refractivity contribution in [2.24, 2.45) is 11.1 Å². The number of ether oxygens (including phenoxy) is 1. The number of rotatable bonds is 1. The lowest BCUT2D eigenvalue weighted by molar-refractivity contribution is -0.125. The third-order valence-corrected chi connectivity index (χ3v) is 4.49. The molecule has 0 aromatic heterocycles. The number of likely N-dealkylation sites (tertiary alicyclic amines) is 1. The molecule has 0 amide bonds. The zero-order chi connectivity index (χ0) is 12.3. The molecule has 3 aliphatic rings. The Bertz CT molecular complexity index is 493. The highest BCUT2D eigenvalue weighted by Crippen LogP contribution is 2.49. The van der Waals surface area contributed by atoms with Crippen molar-refractivity contribution in [3.8, 4) is 5.75 Å². The average Bonchev–Trinajstić information content (AvgIpc) is 2.63. The quantitative estimate of drug-likeness (QED) is 0.814. The van der Waals surface area contributed by atoms with Crippen molar-refractivity contribution in [2.75, 3.05) is 18.4 Å². The van der Waals surface area contributed by atoms with Gasteiger partial charge in [-0.05, 0) is 36.5 Å². The van der Waals surface area contributed by atoms with Crippen LogP contribution in [0.3, 0.4) is 0 Å².